The smallest absolute Gasteiger partial charge is 0.188 e. The number of nitrogens with one attached hydrogen (secondary N) is 1. The van der Waals surface area contributed by atoms with E-state index in [2.05, 4.69) is 24.2 Å². The van der Waals surface area contributed by atoms with Crippen molar-refractivity contribution in [3.63, 3.8) is 0 Å². The SMILES string of the molecule is CN=C(N)NCC1(CC(C)C)CCCC1. The third-order valence-corrected chi connectivity index (χ3v) is 3.39. The highest BCUT2D eigenvalue weighted by molar-refractivity contribution is 5.77. The minimum absolute atomic E-state index is 0.476. The third kappa shape index (κ3) is 3.73. The zero-order valence-electron chi connectivity index (χ0n) is 10.3. The lowest BCUT2D eigenvalue weighted by Crippen LogP contribution is -2.40. The van der Waals surface area contributed by atoms with E-state index >= 15 is 0 Å². The predicted octanol–water partition coefficient (Wildman–Crippen LogP) is 2.13. The standard InChI is InChI=1S/C12H25N3/c1-10(2)8-12(6-4-5-7-12)9-15-11(13)14-3/h10H,4-9H2,1-3H3,(H3,13,14,15). The van der Waals surface area contributed by atoms with Gasteiger partial charge in [0.2, 0.25) is 0 Å². The van der Waals surface area contributed by atoms with Gasteiger partial charge < -0.3 is 11.1 Å². The van der Waals surface area contributed by atoms with Crippen molar-refractivity contribution in [1.29, 1.82) is 0 Å². The second-order valence-electron chi connectivity index (χ2n) is 5.27. The zero-order chi connectivity index (χ0) is 11.3. The molecule has 1 aliphatic rings. The normalized spacial score (nSPS) is 20.9. The summed E-state index contributed by atoms with van der Waals surface area (Å²) in [5.41, 5.74) is 6.16. The van der Waals surface area contributed by atoms with Crippen LogP contribution < -0.4 is 11.1 Å². The Morgan fingerprint density at radius 1 is 1.40 bits per heavy atom. The Kier molecular flexibility index (Phi) is 4.43. The van der Waals surface area contributed by atoms with Gasteiger partial charge >= 0.3 is 0 Å². The van der Waals surface area contributed by atoms with Gasteiger partial charge in [0.05, 0.1) is 0 Å². The Bertz CT molecular complexity index is 215. The molecule has 0 aliphatic heterocycles. The van der Waals surface area contributed by atoms with Crippen LogP contribution in [0.15, 0.2) is 4.99 Å². The molecule has 0 heterocycles. The van der Waals surface area contributed by atoms with Crippen molar-refractivity contribution in [2.75, 3.05) is 13.6 Å². The number of hydrogen-bond donors (Lipinski definition) is 2. The lowest BCUT2D eigenvalue weighted by molar-refractivity contribution is 0.235. The Morgan fingerprint density at radius 2 is 2.00 bits per heavy atom. The van der Waals surface area contributed by atoms with Crippen molar-refractivity contribution in [2.45, 2.75) is 46.0 Å². The first-order chi connectivity index (χ1) is 7.08. The first kappa shape index (κ1) is 12.3. The maximum absolute atomic E-state index is 5.68. The van der Waals surface area contributed by atoms with E-state index in [9.17, 15) is 0 Å². The number of nitrogens with two attached hydrogens (primary N) is 1. The van der Waals surface area contributed by atoms with E-state index in [-0.39, 0.29) is 0 Å². The highest BCUT2D eigenvalue weighted by atomic mass is 15.1. The molecule has 0 saturated heterocycles. The van der Waals surface area contributed by atoms with Crippen LogP contribution in [0.25, 0.3) is 0 Å². The molecule has 0 spiro atoms. The molecule has 0 aromatic rings. The minimum atomic E-state index is 0.476. The van der Waals surface area contributed by atoms with Gasteiger partial charge in [0, 0.05) is 13.6 Å². The molecule has 1 fully saturated rings. The average molecular weight is 211 g/mol. The van der Waals surface area contributed by atoms with Gasteiger partial charge in [0.25, 0.3) is 0 Å². The van der Waals surface area contributed by atoms with Gasteiger partial charge in [-0.3, -0.25) is 4.99 Å². The van der Waals surface area contributed by atoms with Crippen molar-refractivity contribution in [2.24, 2.45) is 22.1 Å². The largest absolute Gasteiger partial charge is 0.370 e. The molecule has 0 aromatic heterocycles. The average Bonchev–Trinajstić information content (AvgIpc) is 2.62. The summed E-state index contributed by atoms with van der Waals surface area (Å²) < 4.78 is 0. The van der Waals surface area contributed by atoms with E-state index in [1.54, 1.807) is 7.05 Å². The molecule has 0 atom stereocenters. The lowest BCUT2D eigenvalue weighted by atomic mass is 9.78. The van der Waals surface area contributed by atoms with Crippen LogP contribution in [-0.4, -0.2) is 19.6 Å². The minimum Gasteiger partial charge on any atom is -0.370 e. The number of rotatable bonds is 4. The van der Waals surface area contributed by atoms with Gasteiger partial charge in [-0.05, 0) is 30.6 Å². The van der Waals surface area contributed by atoms with Crippen LogP contribution in [0.2, 0.25) is 0 Å². The summed E-state index contributed by atoms with van der Waals surface area (Å²) >= 11 is 0. The van der Waals surface area contributed by atoms with Crippen molar-refractivity contribution in [3.8, 4) is 0 Å². The van der Waals surface area contributed by atoms with Crippen molar-refractivity contribution in [3.05, 3.63) is 0 Å². The highest BCUT2D eigenvalue weighted by Gasteiger charge is 2.34. The molecule has 15 heavy (non-hydrogen) atoms. The van der Waals surface area contributed by atoms with Gasteiger partial charge in [-0.25, -0.2) is 0 Å². The number of aliphatic imine (C=N–C) groups is 1. The van der Waals surface area contributed by atoms with E-state index in [1.807, 2.05) is 0 Å². The summed E-state index contributed by atoms with van der Waals surface area (Å²) in [4.78, 5) is 3.94. The monoisotopic (exact) mass is 211 g/mol. The van der Waals surface area contributed by atoms with Gasteiger partial charge in [-0.2, -0.15) is 0 Å². The van der Waals surface area contributed by atoms with E-state index in [4.69, 9.17) is 5.73 Å². The summed E-state index contributed by atoms with van der Waals surface area (Å²) in [6.07, 6.45) is 6.73. The van der Waals surface area contributed by atoms with Crippen molar-refractivity contribution < 1.29 is 0 Å². The molecule has 3 N–H and O–H groups in total. The molecule has 0 unspecified atom stereocenters. The Balaban J connectivity index is 2.50. The fraction of sp³-hybridized carbons (Fsp3) is 0.917. The topological polar surface area (TPSA) is 50.4 Å². The van der Waals surface area contributed by atoms with E-state index in [1.165, 1.54) is 32.1 Å². The molecule has 1 rings (SSSR count). The molecule has 0 amide bonds. The highest BCUT2D eigenvalue weighted by Crippen LogP contribution is 2.42. The number of guanidine groups is 1. The Morgan fingerprint density at radius 3 is 2.47 bits per heavy atom. The maximum atomic E-state index is 5.68. The molecule has 88 valence electrons. The van der Waals surface area contributed by atoms with Crippen LogP contribution in [0.4, 0.5) is 0 Å². The predicted molar refractivity (Wildman–Crippen MR) is 65.9 cm³/mol. The molecular weight excluding hydrogens is 186 g/mol. The molecule has 0 radical (unpaired) electrons. The van der Waals surface area contributed by atoms with Crippen LogP contribution in [0, 0.1) is 11.3 Å². The Labute approximate surface area is 93.5 Å². The van der Waals surface area contributed by atoms with Crippen LogP contribution in [0.1, 0.15) is 46.0 Å². The van der Waals surface area contributed by atoms with Crippen molar-refractivity contribution >= 4 is 5.96 Å². The zero-order valence-corrected chi connectivity index (χ0v) is 10.3. The molecule has 0 bridgehead atoms. The first-order valence-corrected chi connectivity index (χ1v) is 6.04. The molecule has 3 heteroatoms. The summed E-state index contributed by atoms with van der Waals surface area (Å²) in [5, 5.41) is 3.25. The lowest BCUT2D eigenvalue weighted by Gasteiger charge is -2.31. The van der Waals surface area contributed by atoms with Crippen LogP contribution in [0.3, 0.4) is 0 Å². The van der Waals surface area contributed by atoms with Gasteiger partial charge in [0.1, 0.15) is 0 Å². The number of hydrogen-bond acceptors (Lipinski definition) is 1. The first-order valence-electron chi connectivity index (χ1n) is 6.04. The van der Waals surface area contributed by atoms with E-state index in [0.29, 0.717) is 11.4 Å². The summed E-state index contributed by atoms with van der Waals surface area (Å²) in [6, 6.07) is 0. The van der Waals surface area contributed by atoms with Crippen LogP contribution >= 0.6 is 0 Å². The fourth-order valence-corrected chi connectivity index (χ4v) is 2.80. The molecule has 0 aromatic carbocycles. The summed E-state index contributed by atoms with van der Waals surface area (Å²) in [5.74, 6) is 1.34. The van der Waals surface area contributed by atoms with Gasteiger partial charge in [0.15, 0.2) is 5.96 Å². The molecule has 1 aliphatic carbocycles. The summed E-state index contributed by atoms with van der Waals surface area (Å²) in [6.45, 7) is 5.60. The van der Waals surface area contributed by atoms with E-state index in [0.717, 1.165) is 12.5 Å². The second kappa shape index (κ2) is 5.38. The number of nitrogens with zero attached hydrogens (tertiary/aromatic N) is 1. The summed E-state index contributed by atoms with van der Waals surface area (Å²) in [7, 11) is 1.73. The van der Waals surface area contributed by atoms with Crippen LogP contribution in [-0.2, 0) is 0 Å². The quantitative estimate of drug-likeness (QED) is 0.553. The maximum Gasteiger partial charge on any atom is 0.188 e. The molecule has 3 nitrogen and oxygen atoms in total. The molecule has 1 saturated carbocycles. The Hall–Kier alpha value is -0.730. The molecular formula is C12H25N3. The van der Waals surface area contributed by atoms with Gasteiger partial charge in [-0.15, -0.1) is 0 Å². The third-order valence-electron chi connectivity index (χ3n) is 3.39. The fourth-order valence-electron chi connectivity index (χ4n) is 2.80. The van der Waals surface area contributed by atoms with Gasteiger partial charge in [-0.1, -0.05) is 26.7 Å². The van der Waals surface area contributed by atoms with Crippen LogP contribution in [0.5, 0.6) is 0 Å². The van der Waals surface area contributed by atoms with Crippen molar-refractivity contribution in [1.82, 2.24) is 5.32 Å². The van der Waals surface area contributed by atoms with E-state index < -0.39 is 0 Å². The second-order valence-corrected chi connectivity index (χ2v) is 5.27.